The fourth-order valence-corrected chi connectivity index (χ4v) is 4.72. The van der Waals surface area contributed by atoms with E-state index >= 15 is 0 Å². The fraction of sp³-hybridized carbons (Fsp3) is 0.882. The zero-order valence-electron chi connectivity index (χ0n) is 15.1. The van der Waals surface area contributed by atoms with E-state index in [-0.39, 0.29) is 35.6 Å². The first kappa shape index (κ1) is 20.2. The lowest BCUT2D eigenvalue weighted by Crippen LogP contribution is -2.53. The number of carboxylic acids is 1. The van der Waals surface area contributed by atoms with E-state index < -0.39 is 17.6 Å². The van der Waals surface area contributed by atoms with Gasteiger partial charge in [-0.25, -0.2) is 0 Å². The first-order chi connectivity index (χ1) is 11.7. The van der Waals surface area contributed by atoms with Gasteiger partial charge in [-0.05, 0) is 49.4 Å². The Kier molecular flexibility index (Phi) is 6.51. The number of hydrogen-bond donors (Lipinski definition) is 5. The van der Waals surface area contributed by atoms with Crippen molar-refractivity contribution in [2.24, 2.45) is 35.1 Å². The number of carbonyl (C=O) groups is 2. The summed E-state index contributed by atoms with van der Waals surface area (Å²) in [5.41, 5.74) is 11.0. The Morgan fingerprint density at radius 1 is 1.36 bits per heavy atom. The monoisotopic (exact) mass is 352 g/mol. The molecule has 2 fully saturated rings. The third-order valence-electron chi connectivity index (χ3n) is 6.14. The first-order valence-electron chi connectivity index (χ1n) is 9.24. The van der Waals surface area contributed by atoms with Crippen molar-refractivity contribution < 1.29 is 19.7 Å². The van der Waals surface area contributed by atoms with Gasteiger partial charge in [0, 0.05) is 6.04 Å². The Bertz CT molecular complexity index is 504. The maximum absolute atomic E-state index is 12.2. The highest BCUT2D eigenvalue weighted by atomic mass is 16.4. The van der Waals surface area contributed by atoms with Crippen LogP contribution in [-0.4, -0.2) is 47.1 Å². The van der Waals surface area contributed by atoms with E-state index in [2.05, 4.69) is 5.32 Å². The van der Waals surface area contributed by atoms with Crippen molar-refractivity contribution in [3.05, 3.63) is 0 Å². The van der Waals surface area contributed by atoms with Gasteiger partial charge in [-0.1, -0.05) is 26.6 Å². The molecule has 2 rings (SSSR count). The summed E-state index contributed by atoms with van der Waals surface area (Å²) in [5, 5.41) is 21.5. The molecule has 0 aromatic rings. The number of nitrogens with two attached hydrogens (primary N) is 2. The third-order valence-corrected chi connectivity index (χ3v) is 6.14. The van der Waals surface area contributed by atoms with E-state index in [1.807, 2.05) is 13.8 Å². The molecule has 0 bridgehead atoms. The minimum atomic E-state index is -1.20. The van der Waals surface area contributed by atoms with Gasteiger partial charge < -0.3 is 26.9 Å². The molecular formula is C17H31BN3O4. The average molecular weight is 352 g/mol. The number of nitrogens with one attached hydrogen (secondary N) is 1. The lowest BCUT2D eigenvalue weighted by atomic mass is 9.77. The summed E-state index contributed by atoms with van der Waals surface area (Å²) < 4.78 is 0. The van der Waals surface area contributed by atoms with Crippen LogP contribution in [0.5, 0.6) is 0 Å². The van der Waals surface area contributed by atoms with Gasteiger partial charge in [0.15, 0.2) is 0 Å². The summed E-state index contributed by atoms with van der Waals surface area (Å²) in [6, 6.07) is -0.485. The van der Waals surface area contributed by atoms with Gasteiger partial charge in [-0.2, -0.15) is 0 Å². The van der Waals surface area contributed by atoms with Crippen LogP contribution in [0.2, 0.25) is 6.32 Å². The Balaban J connectivity index is 2.02. The molecule has 0 aromatic heterocycles. The molecule has 7 nitrogen and oxygen atoms in total. The van der Waals surface area contributed by atoms with Crippen LogP contribution in [0.3, 0.4) is 0 Å². The zero-order valence-corrected chi connectivity index (χ0v) is 15.1. The van der Waals surface area contributed by atoms with E-state index in [0.717, 1.165) is 20.3 Å². The van der Waals surface area contributed by atoms with Gasteiger partial charge in [0.05, 0.1) is 6.04 Å². The molecule has 25 heavy (non-hydrogen) atoms. The molecule has 0 heterocycles. The van der Waals surface area contributed by atoms with Crippen LogP contribution >= 0.6 is 0 Å². The van der Waals surface area contributed by atoms with Crippen LogP contribution < -0.4 is 16.8 Å². The number of carboxylic acid groups (broad SMARTS) is 1. The Labute approximate surface area is 150 Å². The molecule has 0 aromatic carbocycles. The van der Waals surface area contributed by atoms with Crippen molar-refractivity contribution >= 4 is 19.4 Å². The van der Waals surface area contributed by atoms with Crippen molar-refractivity contribution in [3.8, 4) is 0 Å². The van der Waals surface area contributed by atoms with Crippen molar-refractivity contribution in [2.45, 2.75) is 69.9 Å². The molecule has 8 heteroatoms. The SMILES string of the molecule is CC(C)[C@H](N)C(=O)N[C@H]1C[C@@H]2C[C@@](N)(C(=O)O)[C@@H](CCC[B]O)[C@@H]2C1. The molecule has 1 radical (unpaired) electrons. The molecule has 2 saturated carbocycles. The van der Waals surface area contributed by atoms with Gasteiger partial charge in [0.25, 0.3) is 7.48 Å². The molecule has 7 N–H and O–H groups in total. The predicted octanol–water partition coefficient (Wildman–Crippen LogP) is 0.0927. The maximum atomic E-state index is 12.2. The van der Waals surface area contributed by atoms with Crippen molar-refractivity contribution in [2.75, 3.05) is 0 Å². The minimum Gasteiger partial charge on any atom is -0.480 e. The van der Waals surface area contributed by atoms with Crippen LogP contribution in [0.15, 0.2) is 0 Å². The second-order valence-corrected chi connectivity index (χ2v) is 8.14. The second-order valence-electron chi connectivity index (χ2n) is 8.14. The molecule has 0 saturated heterocycles. The summed E-state index contributed by atoms with van der Waals surface area (Å²) in [5.74, 6) is -0.723. The molecule has 141 valence electrons. The fourth-order valence-electron chi connectivity index (χ4n) is 4.72. The van der Waals surface area contributed by atoms with Gasteiger partial charge in [-0.3, -0.25) is 9.59 Å². The normalized spacial score (nSPS) is 35.4. The van der Waals surface area contributed by atoms with Crippen LogP contribution in [0, 0.1) is 23.7 Å². The highest BCUT2D eigenvalue weighted by Crippen LogP contribution is 2.53. The quantitative estimate of drug-likeness (QED) is 0.310. The molecular weight excluding hydrogens is 321 g/mol. The average Bonchev–Trinajstić information content (AvgIpc) is 3.02. The molecule has 1 amide bonds. The smallest absolute Gasteiger partial charge is 0.323 e. The van der Waals surface area contributed by atoms with E-state index in [4.69, 9.17) is 16.5 Å². The topological polar surface area (TPSA) is 139 Å². The first-order valence-corrected chi connectivity index (χ1v) is 9.24. The van der Waals surface area contributed by atoms with E-state index in [1.165, 1.54) is 0 Å². The number of aliphatic carboxylic acids is 1. The molecule has 0 aliphatic heterocycles. The molecule has 2 aliphatic rings. The lowest BCUT2D eigenvalue weighted by molar-refractivity contribution is -0.145. The highest BCUT2D eigenvalue weighted by molar-refractivity contribution is 6.25. The summed E-state index contributed by atoms with van der Waals surface area (Å²) in [6.45, 7) is 3.83. The summed E-state index contributed by atoms with van der Waals surface area (Å²) in [4.78, 5) is 24.0. The van der Waals surface area contributed by atoms with Gasteiger partial charge in [0.1, 0.15) is 5.54 Å². The largest absolute Gasteiger partial charge is 0.480 e. The second kappa shape index (κ2) is 8.06. The van der Waals surface area contributed by atoms with Gasteiger partial charge >= 0.3 is 5.97 Å². The van der Waals surface area contributed by atoms with E-state index in [9.17, 15) is 14.7 Å². The van der Waals surface area contributed by atoms with Crippen LogP contribution in [-0.2, 0) is 9.59 Å². The molecule has 0 spiro atoms. The zero-order chi connectivity index (χ0) is 18.8. The number of amides is 1. The number of hydrogen-bond acceptors (Lipinski definition) is 5. The van der Waals surface area contributed by atoms with Crippen LogP contribution in [0.25, 0.3) is 0 Å². The summed E-state index contributed by atoms with van der Waals surface area (Å²) in [7, 11) is 1.11. The van der Waals surface area contributed by atoms with E-state index in [1.54, 1.807) is 0 Å². The summed E-state index contributed by atoms with van der Waals surface area (Å²) in [6.07, 6.45) is 3.88. The minimum absolute atomic E-state index is 0.0394. The number of carbonyl (C=O) groups excluding carboxylic acids is 1. The van der Waals surface area contributed by atoms with Gasteiger partial charge in [0.2, 0.25) is 5.91 Å². The lowest BCUT2D eigenvalue weighted by Gasteiger charge is -2.31. The highest BCUT2D eigenvalue weighted by Gasteiger charge is 2.58. The number of rotatable bonds is 8. The molecule has 0 unspecified atom stereocenters. The summed E-state index contributed by atoms with van der Waals surface area (Å²) >= 11 is 0. The third kappa shape index (κ3) is 4.18. The predicted molar refractivity (Wildman–Crippen MR) is 95.6 cm³/mol. The standard InChI is InChI=1S/C17H31BN3O4/c1-9(2)14(19)15(22)21-11-6-10-8-17(20,16(23)24)13(12(10)7-11)4-3-5-18-25/h9-14,25H,3-8,19-20H2,1-2H3,(H,21,22)(H,23,24)/t10-,11+,12-,13+,14+,17+/m1/s1. The molecule has 6 atom stereocenters. The Morgan fingerprint density at radius 2 is 2.04 bits per heavy atom. The maximum Gasteiger partial charge on any atom is 0.323 e. The molecule has 2 aliphatic carbocycles. The van der Waals surface area contributed by atoms with Gasteiger partial charge in [-0.15, -0.1) is 0 Å². The van der Waals surface area contributed by atoms with Crippen LogP contribution in [0.1, 0.15) is 46.0 Å². The van der Waals surface area contributed by atoms with Crippen molar-refractivity contribution in [1.82, 2.24) is 5.32 Å². The van der Waals surface area contributed by atoms with Crippen molar-refractivity contribution in [3.63, 3.8) is 0 Å². The number of fused-ring (bicyclic) bond motifs is 1. The van der Waals surface area contributed by atoms with Crippen LogP contribution in [0.4, 0.5) is 0 Å². The Morgan fingerprint density at radius 3 is 2.60 bits per heavy atom. The van der Waals surface area contributed by atoms with E-state index in [0.29, 0.717) is 25.6 Å². The van der Waals surface area contributed by atoms with Crippen molar-refractivity contribution in [1.29, 1.82) is 0 Å². The Hall–Kier alpha value is -1.12.